The number of carbonyl (C=O) groups excluding carboxylic acids is 2. The quantitative estimate of drug-likeness (QED) is 0.336. The number of amides is 2. The normalized spacial score (nSPS) is 16.8. The second kappa shape index (κ2) is 9.06. The average molecular weight is 499 g/mol. The van der Waals surface area contributed by atoms with E-state index < -0.39 is 0 Å². The zero-order chi connectivity index (χ0) is 23.9. The predicted octanol–water partition coefficient (Wildman–Crippen LogP) is 6.62. The van der Waals surface area contributed by atoms with Crippen LogP contribution in [0.15, 0.2) is 78.9 Å². The van der Waals surface area contributed by atoms with Gasteiger partial charge in [0.25, 0.3) is 5.91 Å². The van der Waals surface area contributed by atoms with Gasteiger partial charge in [0, 0.05) is 28.2 Å². The molecule has 4 nitrogen and oxygen atoms in total. The summed E-state index contributed by atoms with van der Waals surface area (Å²) in [5.74, 6) is 0.429. The molecule has 0 radical (unpaired) electrons. The van der Waals surface area contributed by atoms with Crippen LogP contribution in [0.4, 0.5) is 5.69 Å². The van der Waals surface area contributed by atoms with Crippen molar-refractivity contribution in [3.8, 4) is 0 Å². The molecule has 1 aliphatic carbocycles. The van der Waals surface area contributed by atoms with Crippen LogP contribution in [0, 0.1) is 0 Å². The van der Waals surface area contributed by atoms with E-state index in [4.69, 9.17) is 11.6 Å². The van der Waals surface area contributed by atoms with Crippen molar-refractivity contribution in [2.45, 2.75) is 24.8 Å². The summed E-state index contributed by atoms with van der Waals surface area (Å²) in [6, 6.07) is 25.6. The Kier molecular flexibility index (Phi) is 5.75. The van der Waals surface area contributed by atoms with E-state index in [0.29, 0.717) is 22.9 Å². The van der Waals surface area contributed by atoms with Crippen molar-refractivity contribution in [1.82, 2.24) is 4.90 Å². The molecule has 4 aromatic carbocycles. The highest BCUT2D eigenvalue weighted by Crippen LogP contribution is 2.40. The van der Waals surface area contributed by atoms with E-state index in [1.54, 1.807) is 11.8 Å². The van der Waals surface area contributed by atoms with E-state index in [9.17, 15) is 9.59 Å². The maximum atomic E-state index is 13.1. The number of rotatable bonds is 5. The number of nitrogens with zero attached hydrogens (tertiary/aromatic N) is 1. The van der Waals surface area contributed by atoms with Crippen LogP contribution < -0.4 is 5.32 Å². The second-order valence-corrected chi connectivity index (χ2v) is 10.5. The number of benzene rings is 4. The predicted molar refractivity (Wildman–Crippen MR) is 143 cm³/mol. The van der Waals surface area contributed by atoms with Gasteiger partial charge < -0.3 is 10.2 Å². The van der Waals surface area contributed by atoms with Crippen LogP contribution in [0.1, 0.15) is 38.0 Å². The van der Waals surface area contributed by atoms with Gasteiger partial charge in [-0.1, -0.05) is 60.1 Å². The largest absolute Gasteiger partial charge is 0.322 e. The fraction of sp³-hybridized carbons (Fsp3) is 0.172. The molecule has 35 heavy (non-hydrogen) atoms. The summed E-state index contributed by atoms with van der Waals surface area (Å²) < 4.78 is 0. The van der Waals surface area contributed by atoms with Gasteiger partial charge in [-0.05, 0) is 70.8 Å². The molecule has 0 spiro atoms. The third kappa shape index (κ3) is 4.19. The summed E-state index contributed by atoms with van der Waals surface area (Å²) in [4.78, 5) is 27.5. The molecule has 2 amide bonds. The molecule has 0 unspecified atom stereocenters. The van der Waals surface area contributed by atoms with Crippen LogP contribution in [-0.4, -0.2) is 22.5 Å². The Labute approximate surface area is 213 Å². The van der Waals surface area contributed by atoms with Gasteiger partial charge in [-0.25, -0.2) is 0 Å². The molecule has 1 aliphatic heterocycles. The molecule has 1 saturated heterocycles. The van der Waals surface area contributed by atoms with Gasteiger partial charge in [-0.2, -0.15) is 0 Å². The smallest absolute Gasteiger partial charge is 0.255 e. The van der Waals surface area contributed by atoms with Gasteiger partial charge in [-0.3, -0.25) is 9.59 Å². The van der Waals surface area contributed by atoms with Gasteiger partial charge in [0.05, 0.1) is 5.75 Å². The van der Waals surface area contributed by atoms with E-state index in [2.05, 4.69) is 29.6 Å². The first-order chi connectivity index (χ1) is 17.1. The molecule has 1 heterocycles. The van der Waals surface area contributed by atoms with Crippen molar-refractivity contribution in [2.75, 3.05) is 11.1 Å². The third-order valence-corrected chi connectivity index (χ3v) is 8.33. The highest BCUT2D eigenvalue weighted by Gasteiger charge is 2.32. The van der Waals surface area contributed by atoms with Crippen molar-refractivity contribution in [3.05, 3.63) is 112 Å². The Bertz CT molecular complexity index is 1440. The van der Waals surface area contributed by atoms with Gasteiger partial charge in [-0.15, -0.1) is 11.8 Å². The van der Waals surface area contributed by atoms with Crippen LogP contribution in [0.5, 0.6) is 0 Å². The molecular weight excluding hydrogens is 476 g/mol. The SMILES string of the molecule is O=C(Nc1ccc2c3c(cccc13)CC2)c1ccc([C@H]2SCC(=O)N2Cc2ccc(Cl)cc2)cc1. The highest BCUT2D eigenvalue weighted by atomic mass is 35.5. The Morgan fingerprint density at radius 3 is 2.46 bits per heavy atom. The number of hydrogen-bond acceptors (Lipinski definition) is 3. The van der Waals surface area contributed by atoms with Crippen LogP contribution in [-0.2, 0) is 24.2 Å². The highest BCUT2D eigenvalue weighted by molar-refractivity contribution is 8.00. The molecule has 174 valence electrons. The van der Waals surface area contributed by atoms with Crippen LogP contribution in [0.25, 0.3) is 10.8 Å². The lowest BCUT2D eigenvalue weighted by atomic mass is 10.0. The monoisotopic (exact) mass is 498 g/mol. The van der Waals surface area contributed by atoms with Crippen LogP contribution in [0.2, 0.25) is 5.02 Å². The van der Waals surface area contributed by atoms with Gasteiger partial charge >= 0.3 is 0 Å². The molecule has 1 N–H and O–H groups in total. The Hall–Kier alpha value is -3.28. The molecule has 1 atom stereocenters. The molecule has 4 aromatic rings. The lowest BCUT2D eigenvalue weighted by Crippen LogP contribution is -2.27. The summed E-state index contributed by atoms with van der Waals surface area (Å²) in [7, 11) is 0. The maximum Gasteiger partial charge on any atom is 0.255 e. The Morgan fingerprint density at radius 1 is 0.943 bits per heavy atom. The summed E-state index contributed by atoms with van der Waals surface area (Å²) in [6.45, 7) is 0.529. The number of nitrogens with one attached hydrogen (secondary N) is 1. The first-order valence-electron chi connectivity index (χ1n) is 11.7. The van der Waals surface area contributed by atoms with Crippen molar-refractivity contribution in [3.63, 3.8) is 0 Å². The average Bonchev–Trinajstić information content (AvgIpc) is 3.47. The second-order valence-electron chi connectivity index (χ2n) is 9.00. The maximum absolute atomic E-state index is 13.1. The molecule has 2 aliphatic rings. The van der Waals surface area contributed by atoms with Crippen LogP contribution in [0.3, 0.4) is 0 Å². The lowest BCUT2D eigenvalue weighted by molar-refractivity contribution is -0.128. The summed E-state index contributed by atoms with van der Waals surface area (Å²) >= 11 is 7.61. The van der Waals surface area contributed by atoms with Gasteiger partial charge in [0.15, 0.2) is 0 Å². The van der Waals surface area contributed by atoms with Gasteiger partial charge in [0.1, 0.15) is 5.37 Å². The van der Waals surface area contributed by atoms with E-state index >= 15 is 0 Å². The number of hydrogen-bond donors (Lipinski definition) is 1. The number of anilines is 1. The number of thioether (sulfide) groups is 1. The van der Waals surface area contributed by atoms with Crippen molar-refractivity contribution < 1.29 is 9.59 Å². The Morgan fingerprint density at radius 2 is 1.69 bits per heavy atom. The zero-order valence-corrected chi connectivity index (χ0v) is 20.5. The van der Waals surface area contributed by atoms with Crippen molar-refractivity contribution in [1.29, 1.82) is 0 Å². The first kappa shape index (κ1) is 22.2. The minimum Gasteiger partial charge on any atom is -0.322 e. The molecular formula is C29H23ClN2O2S. The minimum atomic E-state index is -0.136. The Balaban J connectivity index is 1.20. The topological polar surface area (TPSA) is 49.4 Å². The molecule has 6 heteroatoms. The lowest BCUT2D eigenvalue weighted by Gasteiger charge is -2.24. The molecule has 1 fully saturated rings. The number of halogens is 1. The van der Waals surface area contributed by atoms with Crippen molar-refractivity contribution in [2.24, 2.45) is 0 Å². The third-order valence-electron chi connectivity index (χ3n) is 6.82. The minimum absolute atomic E-state index is 0.0770. The summed E-state index contributed by atoms with van der Waals surface area (Å²) in [6.07, 6.45) is 2.12. The first-order valence-corrected chi connectivity index (χ1v) is 13.1. The van der Waals surface area contributed by atoms with Crippen LogP contribution >= 0.6 is 23.4 Å². The molecule has 0 bridgehead atoms. The summed E-state index contributed by atoms with van der Waals surface area (Å²) in [5, 5.41) is 6.09. The standard InChI is InChI=1S/C29H23ClN2O2S/c30-23-13-4-18(5-14-23)16-32-26(33)17-35-29(32)22-10-8-21(9-11-22)28(34)31-25-15-12-20-7-6-19-2-1-3-24(25)27(19)20/h1-5,8-15,29H,6-7,16-17H2,(H,31,34)/t29-/m1/s1. The van der Waals surface area contributed by atoms with E-state index in [1.165, 1.54) is 16.5 Å². The van der Waals surface area contributed by atoms with E-state index in [1.807, 2.05) is 59.5 Å². The van der Waals surface area contributed by atoms with E-state index in [-0.39, 0.29) is 17.2 Å². The van der Waals surface area contributed by atoms with E-state index in [0.717, 1.165) is 35.0 Å². The molecule has 0 saturated carbocycles. The fourth-order valence-corrected chi connectivity index (χ4v) is 6.35. The van der Waals surface area contributed by atoms with Gasteiger partial charge in [0.2, 0.25) is 5.91 Å². The summed E-state index contributed by atoms with van der Waals surface area (Å²) in [5.41, 5.74) is 6.19. The van der Waals surface area contributed by atoms with Crippen molar-refractivity contribution >= 4 is 51.6 Å². The fourth-order valence-electron chi connectivity index (χ4n) is 5.04. The molecule has 0 aromatic heterocycles. The zero-order valence-electron chi connectivity index (χ0n) is 19.0. The number of aryl methyl sites for hydroxylation is 2. The molecule has 6 rings (SSSR count). The number of carbonyl (C=O) groups is 2.